The Labute approximate surface area is 304 Å². The van der Waals surface area contributed by atoms with E-state index in [1.165, 1.54) is 83.2 Å². The van der Waals surface area contributed by atoms with E-state index in [1.54, 1.807) is 6.92 Å². The van der Waals surface area contributed by atoms with Gasteiger partial charge in [-0.3, -0.25) is 9.59 Å². The van der Waals surface area contributed by atoms with E-state index in [4.69, 9.17) is 4.74 Å². The lowest BCUT2D eigenvalue weighted by molar-refractivity contribution is -0.116. The van der Waals surface area contributed by atoms with E-state index in [0.717, 1.165) is 32.5 Å². The van der Waals surface area contributed by atoms with Gasteiger partial charge in [0.1, 0.15) is 0 Å². The molecule has 0 amide bonds. The van der Waals surface area contributed by atoms with Crippen LogP contribution in [0.5, 0.6) is 0 Å². The standard InChI is InChI=1S/C50H30O3/c1-27-47(51)26-48(53-2)50(52)49(27)43-9-5-8-30-14-35-19-36-15-31-10-11-32-16-37-20-38-17-33-12-28-6-3-4-7-29(28)13-34(33)18-39(38)21-40(37)24-45(32)46(31)25-42(36)22-41(35)23-44(30)43/h3-26H,1-2H3. The summed E-state index contributed by atoms with van der Waals surface area (Å²) in [6, 6.07) is 51.0. The first-order valence-electron chi connectivity index (χ1n) is 17.9. The topological polar surface area (TPSA) is 43.4 Å². The molecule has 1 aliphatic carbocycles. The Morgan fingerprint density at radius 3 is 1.25 bits per heavy atom. The summed E-state index contributed by atoms with van der Waals surface area (Å²) in [5.41, 5.74) is 1.58. The third kappa shape index (κ3) is 4.47. The highest BCUT2D eigenvalue weighted by Gasteiger charge is 2.29. The van der Waals surface area contributed by atoms with Crippen LogP contribution in [0.1, 0.15) is 12.5 Å². The molecule has 53 heavy (non-hydrogen) atoms. The highest BCUT2D eigenvalue weighted by molar-refractivity contribution is 6.39. The number of rotatable bonds is 2. The van der Waals surface area contributed by atoms with Gasteiger partial charge >= 0.3 is 0 Å². The fraction of sp³-hybridized carbons (Fsp3) is 0.0400. The molecule has 0 bridgehead atoms. The number of ether oxygens (including phenoxy) is 1. The number of carbonyl (C=O) groups is 2. The summed E-state index contributed by atoms with van der Waals surface area (Å²) in [6.07, 6.45) is 1.29. The predicted molar refractivity (Wildman–Crippen MR) is 222 cm³/mol. The molecule has 0 heterocycles. The van der Waals surface area contributed by atoms with Crippen LogP contribution in [0.2, 0.25) is 0 Å². The number of fused-ring (bicyclic) bond motifs is 10. The number of methoxy groups -OCH3 is 1. The summed E-state index contributed by atoms with van der Waals surface area (Å²) in [5, 5.41) is 21.3. The van der Waals surface area contributed by atoms with Gasteiger partial charge in [-0.1, -0.05) is 54.6 Å². The van der Waals surface area contributed by atoms with Crippen LogP contribution in [0.4, 0.5) is 0 Å². The molecule has 10 aromatic rings. The number of ketones is 2. The maximum absolute atomic E-state index is 13.5. The van der Waals surface area contributed by atoms with E-state index < -0.39 is 0 Å². The molecular weight excluding hydrogens is 649 g/mol. The van der Waals surface area contributed by atoms with Crippen molar-refractivity contribution in [3.05, 3.63) is 162 Å². The number of hydrogen-bond donors (Lipinski definition) is 0. The summed E-state index contributed by atoms with van der Waals surface area (Å²) < 4.78 is 5.30. The van der Waals surface area contributed by atoms with Gasteiger partial charge in [-0.2, -0.15) is 0 Å². The van der Waals surface area contributed by atoms with Gasteiger partial charge in [0.2, 0.25) is 5.78 Å². The van der Waals surface area contributed by atoms with Crippen LogP contribution >= 0.6 is 0 Å². The summed E-state index contributed by atoms with van der Waals surface area (Å²) in [6.45, 7) is 1.72. The molecule has 0 aliphatic heterocycles. The molecule has 0 unspecified atom stereocenters. The van der Waals surface area contributed by atoms with E-state index in [-0.39, 0.29) is 17.3 Å². The number of carbonyl (C=O) groups excluding carboxylic acids is 2. The Hall–Kier alpha value is -6.84. The largest absolute Gasteiger partial charge is 0.492 e. The monoisotopic (exact) mass is 678 g/mol. The molecule has 0 saturated carbocycles. The molecular formula is C50H30O3. The first-order chi connectivity index (χ1) is 25.9. The Morgan fingerprint density at radius 1 is 0.396 bits per heavy atom. The van der Waals surface area contributed by atoms with Gasteiger partial charge in [0.05, 0.1) is 7.11 Å². The second-order valence-corrected chi connectivity index (χ2v) is 14.5. The third-order valence-corrected chi connectivity index (χ3v) is 11.4. The van der Waals surface area contributed by atoms with Crippen molar-refractivity contribution in [3.63, 3.8) is 0 Å². The minimum atomic E-state index is -0.267. The zero-order chi connectivity index (χ0) is 35.5. The Bertz CT molecular complexity index is 3420. The molecule has 0 radical (unpaired) electrons. The van der Waals surface area contributed by atoms with Gasteiger partial charge in [-0.25, -0.2) is 0 Å². The Morgan fingerprint density at radius 2 is 0.774 bits per heavy atom. The normalized spacial score (nSPS) is 14.0. The van der Waals surface area contributed by atoms with E-state index in [1.807, 2.05) is 12.1 Å². The van der Waals surface area contributed by atoms with Gasteiger partial charge < -0.3 is 4.74 Å². The Kier molecular flexibility index (Phi) is 6.10. The molecule has 0 atom stereocenters. The zero-order valence-electron chi connectivity index (χ0n) is 29.1. The summed E-state index contributed by atoms with van der Waals surface area (Å²) in [4.78, 5) is 26.3. The first-order valence-corrected chi connectivity index (χ1v) is 17.9. The SMILES string of the molecule is COC1=CC(=O)C(C)=C(c2cccc3cc4cc5cc6ccc7cc8cc9cc%10cc%11ccccc%11cc%10cc9cc8cc7c6cc5cc4cc23)C1=O. The average molecular weight is 679 g/mol. The number of benzene rings is 10. The number of allylic oxidation sites excluding steroid dienone is 3. The van der Waals surface area contributed by atoms with E-state index in [0.29, 0.717) is 11.1 Å². The van der Waals surface area contributed by atoms with Gasteiger partial charge in [0.15, 0.2) is 11.5 Å². The van der Waals surface area contributed by atoms with Crippen LogP contribution in [0.15, 0.2) is 157 Å². The molecule has 0 aromatic heterocycles. The van der Waals surface area contributed by atoms with E-state index in [2.05, 4.69) is 127 Å². The van der Waals surface area contributed by atoms with Gasteiger partial charge in [-0.15, -0.1) is 0 Å². The Balaban J connectivity index is 1.09. The van der Waals surface area contributed by atoms with Gasteiger partial charge in [0, 0.05) is 17.2 Å². The molecule has 11 rings (SSSR count). The second-order valence-electron chi connectivity index (χ2n) is 14.5. The number of Topliss-reactive ketones (excluding diaryl/α,β-unsaturated/α-hetero) is 1. The van der Waals surface area contributed by atoms with Crippen molar-refractivity contribution in [2.24, 2.45) is 0 Å². The molecule has 0 spiro atoms. The van der Waals surface area contributed by atoms with Crippen molar-refractivity contribution < 1.29 is 14.3 Å². The lowest BCUT2D eigenvalue weighted by Crippen LogP contribution is -2.18. The zero-order valence-corrected chi connectivity index (χ0v) is 29.1. The first kappa shape index (κ1) is 29.8. The highest BCUT2D eigenvalue weighted by atomic mass is 16.5. The van der Waals surface area contributed by atoms with E-state index in [9.17, 15) is 9.59 Å². The number of hydrogen-bond acceptors (Lipinski definition) is 3. The molecule has 3 nitrogen and oxygen atoms in total. The minimum Gasteiger partial charge on any atom is -0.492 e. The molecule has 0 N–H and O–H groups in total. The third-order valence-electron chi connectivity index (χ3n) is 11.4. The van der Waals surface area contributed by atoms with Crippen molar-refractivity contribution in [2.45, 2.75) is 6.92 Å². The van der Waals surface area contributed by atoms with E-state index >= 15 is 0 Å². The van der Waals surface area contributed by atoms with Crippen LogP contribution in [-0.2, 0) is 14.3 Å². The molecule has 0 saturated heterocycles. The van der Waals surface area contributed by atoms with Crippen molar-refractivity contribution in [3.8, 4) is 0 Å². The maximum atomic E-state index is 13.5. The van der Waals surface area contributed by atoms with Crippen LogP contribution in [-0.4, -0.2) is 18.7 Å². The van der Waals surface area contributed by atoms with Crippen LogP contribution in [0.25, 0.3) is 103 Å². The summed E-state index contributed by atoms with van der Waals surface area (Å²) in [5.74, 6) is -0.402. The fourth-order valence-electron chi connectivity index (χ4n) is 8.68. The van der Waals surface area contributed by atoms with Crippen molar-refractivity contribution in [2.75, 3.05) is 7.11 Å². The molecule has 0 fully saturated rings. The van der Waals surface area contributed by atoms with Crippen LogP contribution in [0, 0.1) is 0 Å². The van der Waals surface area contributed by atoms with Crippen molar-refractivity contribution >= 4 is 114 Å². The summed E-state index contributed by atoms with van der Waals surface area (Å²) in [7, 11) is 1.43. The fourth-order valence-corrected chi connectivity index (χ4v) is 8.68. The molecule has 3 heteroatoms. The minimum absolute atomic E-state index is 0.0710. The summed E-state index contributed by atoms with van der Waals surface area (Å²) >= 11 is 0. The molecule has 10 aromatic carbocycles. The predicted octanol–water partition coefficient (Wildman–Crippen LogP) is 12.5. The maximum Gasteiger partial charge on any atom is 0.228 e. The second kappa shape index (κ2) is 10.8. The van der Waals surface area contributed by atoms with Crippen LogP contribution in [0.3, 0.4) is 0 Å². The smallest absolute Gasteiger partial charge is 0.228 e. The van der Waals surface area contributed by atoms with Crippen molar-refractivity contribution in [1.29, 1.82) is 0 Å². The lowest BCUT2D eigenvalue weighted by Gasteiger charge is -2.18. The van der Waals surface area contributed by atoms with Gasteiger partial charge in [-0.05, 0) is 194 Å². The molecule has 1 aliphatic rings. The lowest BCUT2D eigenvalue weighted by atomic mass is 9.86. The molecule has 248 valence electrons. The van der Waals surface area contributed by atoms with Crippen LogP contribution < -0.4 is 0 Å². The van der Waals surface area contributed by atoms with Crippen molar-refractivity contribution in [1.82, 2.24) is 0 Å². The highest BCUT2D eigenvalue weighted by Crippen LogP contribution is 2.39. The average Bonchev–Trinajstić information content (AvgIpc) is 3.17. The van der Waals surface area contributed by atoms with Gasteiger partial charge in [0.25, 0.3) is 0 Å². The quantitative estimate of drug-likeness (QED) is 0.104.